The number of nitrogens with zero attached hydrogens (tertiary/aromatic N) is 3. The van der Waals surface area contributed by atoms with Crippen molar-refractivity contribution in [3.8, 4) is 0 Å². The van der Waals surface area contributed by atoms with Gasteiger partial charge in [0.05, 0.1) is 6.20 Å². The molecule has 2 aromatic heterocycles. The van der Waals surface area contributed by atoms with Crippen LogP contribution in [-0.4, -0.2) is 25.7 Å². The Balaban J connectivity index is 1.90. The second-order valence-electron chi connectivity index (χ2n) is 2.58. The van der Waals surface area contributed by atoms with E-state index >= 15 is 0 Å². The van der Waals surface area contributed by atoms with E-state index in [1.807, 2.05) is 0 Å². The van der Waals surface area contributed by atoms with Gasteiger partial charge in [0.2, 0.25) is 0 Å². The Hall–Kier alpha value is -1.76. The van der Waals surface area contributed by atoms with E-state index in [-0.39, 0.29) is 5.91 Å². The molecule has 6 nitrogen and oxygen atoms in total. The Morgan fingerprint density at radius 2 is 2.57 bits per heavy atom. The van der Waals surface area contributed by atoms with Crippen molar-refractivity contribution in [3.05, 3.63) is 29.0 Å². The van der Waals surface area contributed by atoms with E-state index in [2.05, 4.69) is 25.1 Å². The van der Waals surface area contributed by atoms with Crippen LogP contribution in [-0.2, 0) is 6.54 Å². The fourth-order valence-corrected chi connectivity index (χ4v) is 1.35. The Morgan fingerprint density at radius 3 is 3.21 bits per heavy atom. The number of hydrogen-bond acceptors (Lipinski definition) is 5. The molecule has 0 radical (unpaired) electrons. The van der Waals surface area contributed by atoms with E-state index in [1.165, 1.54) is 0 Å². The highest BCUT2D eigenvalue weighted by Gasteiger charge is 2.07. The Labute approximate surface area is 83.5 Å². The number of nitrogens with one attached hydrogen (secondary N) is 2. The van der Waals surface area contributed by atoms with Gasteiger partial charge in [0.25, 0.3) is 5.91 Å². The van der Waals surface area contributed by atoms with Crippen LogP contribution in [0.1, 0.15) is 16.1 Å². The monoisotopic (exact) mass is 209 g/mol. The lowest BCUT2D eigenvalue weighted by Crippen LogP contribution is -2.22. The molecule has 2 aromatic rings. The van der Waals surface area contributed by atoms with Crippen LogP contribution < -0.4 is 5.32 Å². The first kappa shape index (κ1) is 8.82. The van der Waals surface area contributed by atoms with Gasteiger partial charge in [-0.25, -0.2) is 0 Å². The van der Waals surface area contributed by atoms with Gasteiger partial charge in [-0.1, -0.05) is 4.49 Å². The molecular weight excluding hydrogens is 202 g/mol. The maximum absolute atomic E-state index is 11.4. The molecule has 0 aliphatic heterocycles. The number of carbonyl (C=O) groups excluding carboxylic acids is 1. The summed E-state index contributed by atoms with van der Waals surface area (Å²) >= 11 is 1.15. The number of aromatic amines is 1. The summed E-state index contributed by atoms with van der Waals surface area (Å²) in [5.41, 5.74) is 1.26. The fraction of sp³-hybridized carbons (Fsp3) is 0.143. The summed E-state index contributed by atoms with van der Waals surface area (Å²) in [7, 11) is 0. The minimum Gasteiger partial charge on any atom is -0.346 e. The van der Waals surface area contributed by atoms with Gasteiger partial charge in [0.15, 0.2) is 5.69 Å². The predicted octanol–water partition coefficient (Wildman–Crippen LogP) is 0.191. The van der Waals surface area contributed by atoms with E-state index in [4.69, 9.17) is 0 Å². The zero-order chi connectivity index (χ0) is 9.80. The van der Waals surface area contributed by atoms with Gasteiger partial charge >= 0.3 is 0 Å². The molecular formula is C7H7N5OS. The van der Waals surface area contributed by atoms with Crippen LogP contribution in [0.2, 0.25) is 0 Å². The van der Waals surface area contributed by atoms with Gasteiger partial charge in [0, 0.05) is 23.7 Å². The minimum atomic E-state index is -0.222. The molecule has 72 valence electrons. The first-order valence-electron chi connectivity index (χ1n) is 3.89. The number of carbonyl (C=O) groups is 1. The number of rotatable bonds is 3. The molecule has 0 aromatic carbocycles. The van der Waals surface area contributed by atoms with E-state index < -0.39 is 0 Å². The minimum absolute atomic E-state index is 0.222. The summed E-state index contributed by atoms with van der Waals surface area (Å²) in [6.45, 7) is 0.437. The number of H-pyrrole nitrogens is 1. The highest BCUT2D eigenvalue weighted by molar-refractivity contribution is 7.03. The van der Waals surface area contributed by atoms with E-state index in [0.29, 0.717) is 12.2 Å². The molecule has 0 saturated heterocycles. The molecule has 0 atom stereocenters. The lowest BCUT2D eigenvalue weighted by Gasteiger charge is -1.98. The van der Waals surface area contributed by atoms with E-state index in [1.54, 1.807) is 17.8 Å². The molecule has 0 aliphatic carbocycles. The third kappa shape index (κ3) is 1.94. The molecule has 2 rings (SSSR count). The number of aromatic nitrogens is 4. The van der Waals surface area contributed by atoms with Crippen LogP contribution in [0.5, 0.6) is 0 Å². The van der Waals surface area contributed by atoms with E-state index in [0.717, 1.165) is 17.1 Å². The van der Waals surface area contributed by atoms with Crippen molar-refractivity contribution in [2.75, 3.05) is 0 Å². The lowest BCUT2D eigenvalue weighted by molar-refractivity contribution is 0.0946. The molecule has 0 unspecified atom stereocenters. The highest BCUT2D eigenvalue weighted by atomic mass is 32.1. The zero-order valence-electron chi connectivity index (χ0n) is 7.10. The van der Waals surface area contributed by atoms with Gasteiger partial charge < -0.3 is 5.32 Å². The van der Waals surface area contributed by atoms with Crippen molar-refractivity contribution in [2.45, 2.75) is 6.54 Å². The van der Waals surface area contributed by atoms with Crippen molar-refractivity contribution in [2.24, 2.45) is 0 Å². The topological polar surface area (TPSA) is 83.6 Å². The van der Waals surface area contributed by atoms with Crippen molar-refractivity contribution in [3.63, 3.8) is 0 Å². The molecule has 7 heteroatoms. The molecule has 1 amide bonds. The van der Waals surface area contributed by atoms with Crippen LogP contribution >= 0.6 is 11.5 Å². The fourth-order valence-electron chi connectivity index (χ4n) is 0.911. The number of hydrogen-bond donors (Lipinski definition) is 2. The van der Waals surface area contributed by atoms with Crippen LogP contribution in [0, 0.1) is 0 Å². The summed E-state index contributed by atoms with van der Waals surface area (Å²) in [5, 5.41) is 14.4. The van der Waals surface area contributed by atoms with Crippen molar-refractivity contribution in [1.82, 2.24) is 25.1 Å². The summed E-state index contributed by atoms with van der Waals surface area (Å²) in [6.07, 6.45) is 3.37. The average Bonchev–Trinajstić information content (AvgIpc) is 2.87. The van der Waals surface area contributed by atoms with Gasteiger partial charge in [0.1, 0.15) is 0 Å². The van der Waals surface area contributed by atoms with Crippen LogP contribution in [0.3, 0.4) is 0 Å². The summed E-state index contributed by atoms with van der Waals surface area (Å²) < 4.78 is 3.60. The maximum atomic E-state index is 11.4. The molecule has 0 saturated carbocycles. The SMILES string of the molecule is O=C(NCc1cn[nH]c1)c1csnn1. The summed E-state index contributed by atoms with van der Waals surface area (Å²) in [4.78, 5) is 11.4. The second kappa shape index (κ2) is 3.97. The molecule has 2 heterocycles. The molecule has 14 heavy (non-hydrogen) atoms. The maximum Gasteiger partial charge on any atom is 0.273 e. The van der Waals surface area contributed by atoms with Crippen LogP contribution in [0.4, 0.5) is 0 Å². The lowest BCUT2D eigenvalue weighted by atomic mass is 10.3. The van der Waals surface area contributed by atoms with Crippen LogP contribution in [0.15, 0.2) is 17.8 Å². The normalized spacial score (nSPS) is 10.0. The van der Waals surface area contributed by atoms with E-state index in [9.17, 15) is 4.79 Å². The van der Waals surface area contributed by atoms with Crippen molar-refractivity contribution in [1.29, 1.82) is 0 Å². The second-order valence-corrected chi connectivity index (χ2v) is 3.19. The Bertz CT molecular complexity index is 396. The van der Waals surface area contributed by atoms with Crippen LogP contribution in [0.25, 0.3) is 0 Å². The standard InChI is InChI=1S/C7H7N5OS/c13-7(6-4-14-12-11-6)8-1-5-2-9-10-3-5/h2-4H,1H2,(H,8,13)(H,9,10). The first-order valence-corrected chi connectivity index (χ1v) is 4.73. The van der Waals surface area contributed by atoms with Gasteiger partial charge in [-0.15, -0.1) is 5.10 Å². The quantitative estimate of drug-likeness (QED) is 0.755. The Morgan fingerprint density at radius 1 is 1.64 bits per heavy atom. The average molecular weight is 209 g/mol. The summed E-state index contributed by atoms with van der Waals surface area (Å²) in [5.74, 6) is -0.222. The Kier molecular flexibility index (Phi) is 2.50. The van der Waals surface area contributed by atoms with Crippen molar-refractivity contribution < 1.29 is 4.79 Å². The first-order chi connectivity index (χ1) is 6.86. The van der Waals surface area contributed by atoms with Gasteiger partial charge in [-0.3, -0.25) is 9.89 Å². The van der Waals surface area contributed by atoms with Gasteiger partial charge in [-0.2, -0.15) is 5.10 Å². The van der Waals surface area contributed by atoms with Crippen molar-refractivity contribution >= 4 is 17.4 Å². The largest absolute Gasteiger partial charge is 0.346 e. The molecule has 0 bridgehead atoms. The molecule has 0 spiro atoms. The molecule has 0 aliphatic rings. The molecule has 2 N–H and O–H groups in total. The molecule has 0 fully saturated rings. The smallest absolute Gasteiger partial charge is 0.273 e. The zero-order valence-corrected chi connectivity index (χ0v) is 7.91. The number of amides is 1. The third-order valence-electron chi connectivity index (χ3n) is 1.60. The predicted molar refractivity (Wildman–Crippen MR) is 49.7 cm³/mol. The summed E-state index contributed by atoms with van der Waals surface area (Å²) in [6, 6.07) is 0. The van der Waals surface area contributed by atoms with Gasteiger partial charge in [-0.05, 0) is 11.5 Å². The third-order valence-corrected chi connectivity index (χ3v) is 2.11. The highest BCUT2D eigenvalue weighted by Crippen LogP contribution is 1.98.